The summed E-state index contributed by atoms with van der Waals surface area (Å²) in [7, 11) is 0. The molecule has 0 aliphatic heterocycles. The number of aromatic nitrogens is 2. The molecule has 0 aliphatic carbocycles. The lowest BCUT2D eigenvalue weighted by molar-refractivity contribution is 0.470. The first-order chi connectivity index (χ1) is 10.8. The predicted molar refractivity (Wildman–Crippen MR) is 88.6 cm³/mol. The molecule has 1 aromatic heterocycles. The SMILES string of the molecule is CCCc1cccc(-c2ccccc2)c1-c1ncc(O)cn1. The van der Waals surface area contributed by atoms with Crippen LogP contribution < -0.4 is 0 Å². The second-order valence-corrected chi connectivity index (χ2v) is 5.22. The predicted octanol–water partition coefficient (Wildman–Crippen LogP) is 4.47. The number of hydrogen-bond donors (Lipinski definition) is 1. The number of aryl methyl sites for hydroxylation is 1. The van der Waals surface area contributed by atoms with E-state index in [0.29, 0.717) is 5.82 Å². The normalized spacial score (nSPS) is 10.6. The van der Waals surface area contributed by atoms with Crippen LogP contribution in [0, 0.1) is 0 Å². The topological polar surface area (TPSA) is 46.0 Å². The Bertz CT molecular complexity index is 752. The molecule has 22 heavy (non-hydrogen) atoms. The molecule has 0 atom stereocenters. The molecule has 3 nitrogen and oxygen atoms in total. The third kappa shape index (κ3) is 2.84. The largest absolute Gasteiger partial charge is 0.505 e. The van der Waals surface area contributed by atoms with E-state index in [-0.39, 0.29) is 5.75 Å². The Morgan fingerprint density at radius 1 is 0.909 bits per heavy atom. The second-order valence-electron chi connectivity index (χ2n) is 5.22. The molecule has 0 saturated carbocycles. The van der Waals surface area contributed by atoms with Crippen molar-refractivity contribution >= 4 is 0 Å². The van der Waals surface area contributed by atoms with Crippen molar-refractivity contribution in [1.82, 2.24) is 9.97 Å². The van der Waals surface area contributed by atoms with Crippen molar-refractivity contribution in [1.29, 1.82) is 0 Å². The molecule has 0 aliphatic rings. The van der Waals surface area contributed by atoms with E-state index < -0.39 is 0 Å². The van der Waals surface area contributed by atoms with Crippen molar-refractivity contribution < 1.29 is 5.11 Å². The van der Waals surface area contributed by atoms with Gasteiger partial charge in [-0.15, -0.1) is 0 Å². The first kappa shape index (κ1) is 14.3. The molecule has 1 heterocycles. The number of hydrogen-bond acceptors (Lipinski definition) is 3. The highest BCUT2D eigenvalue weighted by molar-refractivity contribution is 5.82. The van der Waals surface area contributed by atoms with Gasteiger partial charge in [0, 0.05) is 5.56 Å². The maximum atomic E-state index is 9.44. The summed E-state index contributed by atoms with van der Waals surface area (Å²) >= 11 is 0. The smallest absolute Gasteiger partial charge is 0.160 e. The highest BCUT2D eigenvalue weighted by atomic mass is 16.3. The molecule has 110 valence electrons. The molecule has 0 amide bonds. The van der Waals surface area contributed by atoms with Crippen molar-refractivity contribution in [3.63, 3.8) is 0 Å². The van der Waals surface area contributed by atoms with Crippen molar-refractivity contribution in [3.8, 4) is 28.3 Å². The van der Waals surface area contributed by atoms with Gasteiger partial charge in [-0.3, -0.25) is 0 Å². The Morgan fingerprint density at radius 2 is 1.64 bits per heavy atom. The van der Waals surface area contributed by atoms with Gasteiger partial charge in [0.05, 0.1) is 12.4 Å². The molecule has 3 rings (SSSR count). The first-order valence-electron chi connectivity index (χ1n) is 7.48. The molecule has 0 unspecified atom stereocenters. The molecule has 1 N–H and O–H groups in total. The van der Waals surface area contributed by atoms with Gasteiger partial charge in [0.2, 0.25) is 0 Å². The monoisotopic (exact) mass is 290 g/mol. The van der Waals surface area contributed by atoms with Crippen LogP contribution in [-0.2, 0) is 6.42 Å². The van der Waals surface area contributed by atoms with Crippen LogP contribution >= 0.6 is 0 Å². The molecule has 3 heteroatoms. The van der Waals surface area contributed by atoms with Gasteiger partial charge < -0.3 is 5.11 Å². The van der Waals surface area contributed by atoms with E-state index in [4.69, 9.17) is 0 Å². The fourth-order valence-electron chi connectivity index (χ4n) is 2.65. The van der Waals surface area contributed by atoms with Crippen LogP contribution in [-0.4, -0.2) is 15.1 Å². The van der Waals surface area contributed by atoms with Crippen molar-refractivity contribution in [2.45, 2.75) is 19.8 Å². The van der Waals surface area contributed by atoms with E-state index in [9.17, 15) is 5.11 Å². The molecule has 3 aromatic rings. The van der Waals surface area contributed by atoms with E-state index in [0.717, 1.165) is 29.5 Å². The number of benzene rings is 2. The minimum atomic E-state index is 0.0815. The van der Waals surface area contributed by atoms with Gasteiger partial charge in [-0.1, -0.05) is 61.9 Å². The van der Waals surface area contributed by atoms with Crippen molar-refractivity contribution in [2.75, 3.05) is 0 Å². The summed E-state index contributed by atoms with van der Waals surface area (Å²) in [4.78, 5) is 8.63. The lowest BCUT2D eigenvalue weighted by Gasteiger charge is -2.14. The Kier molecular flexibility index (Phi) is 4.15. The minimum Gasteiger partial charge on any atom is -0.505 e. The van der Waals surface area contributed by atoms with E-state index in [2.05, 4.69) is 47.2 Å². The van der Waals surface area contributed by atoms with Gasteiger partial charge in [0.15, 0.2) is 11.6 Å². The highest BCUT2D eigenvalue weighted by Crippen LogP contribution is 2.33. The lowest BCUT2D eigenvalue weighted by Crippen LogP contribution is -1.97. The minimum absolute atomic E-state index is 0.0815. The van der Waals surface area contributed by atoms with E-state index in [1.165, 1.54) is 18.0 Å². The quantitative estimate of drug-likeness (QED) is 0.771. The Balaban J connectivity index is 2.22. The second kappa shape index (κ2) is 6.39. The fourth-order valence-corrected chi connectivity index (χ4v) is 2.65. The third-order valence-electron chi connectivity index (χ3n) is 3.62. The lowest BCUT2D eigenvalue weighted by atomic mass is 9.93. The van der Waals surface area contributed by atoms with Gasteiger partial charge in [-0.2, -0.15) is 0 Å². The van der Waals surface area contributed by atoms with Crippen LogP contribution in [0.1, 0.15) is 18.9 Å². The van der Waals surface area contributed by atoms with Gasteiger partial charge in [-0.05, 0) is 23.1 Å². The standard InChI is InChI=1S/C19H18N2O/c1-2-7-15-10-6-11-17(14-8-4-3-5-9-14)18(15)19-20-12-16(22)13-21-19/h3-6,8-13,22H,2,7H2,1H3. The molecule has 0 spiro atoms. The zero-order valence-corrected chi connectivity index (χ0v) is 12.5. The van der Waals surface area contributed by atoms with Crippen LogP contribution in [0.2, 0.25) is 0 Å². The molecule has 0 radical (unpaired) electrons. The number of nitrogens with zero attached hydrogens (tertiary/aromatic N) is 2. The van der Waals surface area contributed by atoms with Crippen LogP contribution in [0.3, 0.4) is 0 Å². The Hall–Kier alpha value is -2.68. The zero-order chi connectivity index (χ0) is 15.4. The van der Waals surface area contributed by atoms with Gasteiger partial charge in [-0.25, -0.2) is 9.97 Å². The Morgan fingerprint density at radius 3 is 2.32 bits per heavy atom. The third-order valence-corrected chi connectivity index (χ3v) is 3.62. The maximum Gasteiger partial charge on any atom is 0.160 e. The van der Waals surface area contributed by atoms with Gasteiger partial charge in [0.25, 0.3) is 0 Å². The fraction of sp³-hybridized carbons (Fsp3) is 0.158. The molecule has 0 bridgehead atoms. The van der Waals surface area contributed by atoms with Gasteiger partial charge >= 0.3 is 0 Å². The molecule has 2 aromatic carbocycles. The van der Waals surface area contributed by atoms with Crippen LogP contribution in [0.25, 0.3) is 22.5 Å². The zero-order valence-electron chi connectivity index (χ0n) is 12.5. The summed E-state index contributed by atoms with van der Waals surface area (Å²) in [6, 6.07) is 16.6. The molecular weight excluding hydrogens is 272 g/mol. The summed E-state index contributed by atoms with van der Waals surface area (Å²) in [5.74, 6) is 0.735. The van der Waals surface area contributed by atoms with Crippen molar-refractivity contribution in [3.05, 3.63) is 66.5 Å². The van der Waals surface area contributed by atoms with Crippen LogP contribution in [0.15, 0.2) is 60.9 Å². The first-order valence-corrected chi connectivity index (χ1v) is 7.48. The molecule has 0 fully saturated rings. The average Bonchev–Trinajstić information content (AvgIpc) is 2.57. The van der Waals surface area contributed by atoms with Crippen molar-refractivity contribution in [2.24, 2.45) is 0 Å². The van der Waals surface area contributed by atoms with E-state index >= 15 is 0 Å². The van der Waals surface area contributed by atoms with Gasteiger partial charge in [0.1, 0.15) is 0 Å². The number of rotatable bonds is 4. The molecule has 0 saturated heterocycles. The average molecular weight is 290 g/mol. The van der Waals surface area contributed by atoms with E-state index in [1.54, 1.807) is 0 Å². The summed E-state index contributed by atoms with van der Waals surface area (Å²) in [5.41, 5.74) is 4.55. The van der Waals surface area contributed by atoms with Crippen LogP contribution in [0.4, 0.5) is 0 Å². The van der Waals surface area contributed by atoms with E-state index in [1.807, 2.05) is 18.2 Å². The maximum absolute atomic E-state index is 9.44. The highest BCUT2D eigenvalue weighted by Gasteiger charge is 2.14. The summed E-state index contributed by atoms with van der Waals surface area (Å²) in [6.45, 7) is 2.16. The summed E-state index contributed by atoms with van der Waals surface area (Å²) < 4.78 is 0. The van der Waals surface area contributed by atoms with Crippen LogP contribution in [0.5, 0.6) is 5.75 Å². The number of aromatic hydroxyl groups is 1. The Labute approximate surface area is 130 Å². The summed E-state index contributed by atoms with van der Waals surface area (Å²) in [6.07, 6.45) is 4.92. The molecular formula is C19H18N2O. The summed E-state index contributed by atoms with van der Waals surface area (Å²) in [5, 5.41) is 9.44.